The first-order valence-corrected chi connectivity index (χ1v) is 11.6. The molecule has 1 atom stereocenters. The molecule has 4 fully saturated rings. The summed E-state index contributed by atoms with van der Waals surface area (Å²) in [5.74, 6) is 3.29. The maximum absolute atomic E-state index is 13.0. The van der Waals surface area contributed by atoms with Gasteiger partial charge in [-0.05, 0) is 98.4 Å². The third-order valence-electron chi connectivity index (χ3n) is 7.59. The summed E-state index contributed by atoms with van der Waals surface area (Å²) in [5.41, 5.74) is 0.761. The van der Waals surface area contributed by atoms with E-state index < -0.39 is 0 Å². The molecule has 1 N–H and O–H groups in total. The lowest BCUT2D eigenvalue weighted by Crippen LogP contribution is -2.56. The standard InChI is InChI=1S/C24H30ClN3O2/c1-2-22(24-12-16-9-17(13-24)11-18(10-16)14-24)26-23(29)21-7-8-28(27-21)15-30-20-5-3-19(25)4-6-20/h3-8,16-18,22H,2,9-15H2,1H3,(H,26,29). The molecule has 30 heavy (non-hydrogen) atoms. The highest BCUT2D eigenvalue weighted by Gasteiger charge is 2.54. The zero-order valence-corrected chi connectivity index (χ0v) is 18.3. The fraction of sp³-hybridized carbons (Fsp3) is 0.583. The molecule has 4 bridgehead atoms. The molecule has 4 aliphatic rings. The number of benzene rings is 1. The van der Waals surface area contributed by atoms with Crippen LogP contribution < -0.4 is 10.1 Å². The minimum Gasteiger partial charge on any atom is -0.471 e. The van der Waals surface area contributed by atoms with E-state index in [0.717, 1.165) is 24.2 Å². The van der Waals surface area contributed by atoms with Crippen LogP contribution in [0.15, 0.2) is 36.5 Å². The number of amides is 1. The van der Waals surface area contributed by atoms with Gasteiger partial charge in [0, 0.05) is 17.3 Å². The smallest absolute Gasteiger partial charge is 0.272 e. The molecule has 0 aliphatic heterocycles. The molecule has 6 heteroatoms. The van der Waals surface area contributed by atoms with Crippen molar-refractivity contribution in [2.24, 2.45) is 23.2 Å². The summed E-state index contributed by atoms with van der Waals surface area (Å²) < 4.78 is 7.37. The van der Waals surface area contributed by atoms with Gasteiger partial charge in [0.25, 0.3) is 5.91 Å². The van der Waals surface area contributed by atoms with Crippen molar-refractivity contribution in [3.63, 3.8) is 0 Å². The lowest BCUT2D eigenvalue weighted by Gasteiger charge is -2.59. The van der Waals surface area contributed by atoms with E-state index in [0.29, 0.717) is 21.9 Å². The monoisotopic (exact) mass is 427 g/mol. The number of nitrogens with zero attached hydrogens (tertiary/aromatic N) is 2. The Morgan fingerprint density at radius 3 is 2.40 bits per heavy atom. The summed E-state index contributed by atoms with van der Waals surface area (Å²) >= 11 is 5.90. The Labute approximate surface area is 183 Å². The van der Waals surface area contributed by atoms with Gasteiger partial charge in [-0.2, -0.15) is 5.10 Å². The average molecular weight is 428 g/mol. The maximum Gasteiger partial charge on any atom is 0.272 e. The van der Waals surface area contributed by atoms with Crippen molar-refractivity contribution in [1.82, 2.24) is 15.1 Å². The predicted octanol–water partition coefficient (Wildman–Crippen LogP) is 5.30. The molecule has 5 nitrogen and oxygen atoms in total. The first kappa shape index (κ1) is 19.9. The number of hydrogen-bond donors (Lipinski definition) is 1. The van der Waals surface area contributed by atoms with Crippen molar-refractivity contribution in [2.45, 2.75) is 64.6 Å². The number of rotatable bonds is 7. The zero-order valence-electron chi connectivity index (χ0n) is 17.5. The number of aromatic nitrogens is 2. The lowest BCUT2D eigenvalue weighted by atomic mass is 9.47. The van der Waals surface area contributed by atoms with Gasteiger partial charge in [0.15, 0.2) is 6.73 Å². The number of nitrogens with one attached hydrogen (secondary N) is 1. The molecule has 1 aromatic heterocycles. The molecule has 1 amide bonds. The van der Waals surface area contributed by atoms with Crippen LogP contribution in [0.1, 0.15) is 62.4 Å². The zero-order chi connectivity index (χ0) is 20.7. The van der Waals surface area contributed by atoms with E-state index in [1.54, 1.807) is 29.1 Å². The Hall–Kier alpha value is -2.01. The van der Waals surface area contributed by atoms with Gasteiger partial charge in [0.1, 0.15) is 11.4 Å². The van der Waals surface area contributed by atoms with Gasteiger partial charge in [0.05, 0.1) is 0 Å². The Balaban J connectivity index is 1.22. The number of carbonyl (C=O) groups is 1. The number of carbonyl (C=O) groups excluding carboxylic acids is 1. The van der Waals surface area contributed by atoms with Crippen LogP contribution in [0.2, 0.25) is 5.02 Å². The van der Waals surface area contributed by atoms with Crippen molar-refractivity contribution < 1.29 is 9.53 Å². The molecule has 1 unspecified atom stereocenters. The topological polar surface area (TPSA) is 56.2 Å². The maximum atomic E-state index is 13.0. The van der Waals surface area contributed by atoms with Gasteiger partial charge in [0.2, 0.25) is 0 Å². The van der Waals surface area contributed by atoms with Gasteiger partial charge >= 0.3 is 0 Å². The van der Waals surface area contributed by atoms with Crippen molar-refractivity contribution in [3.05, 3.63) is 47.2 Å². The molecule has 0 radical (unpaired) electrons. The van der Waals surface area contributed by atoms with E-state index in [1.807, 2.05) is 12.1 Å². The lowest BCUT2D eigenvalue weighted by molar-refractivity contribution is -0.0727. The third kappa shape index (κ3) is 3.84. The Kier molecular flexibility index (Phi) is 5.26. The molecule has 4 aliphatic carbocycles. The van der Waals surface area contributed by atoms with Crippen LogP contribution in [0.25, 0.3) is 0 Å². The molecule has 0 spiro atoms. The second-order valence-electron chi connectivity index (χ2n) is 9.68. The highest BCUT2D eigenvalue weighted by Crippen LogP contribution is 2.61. The van der Waals surface area contributed by atoms with E-state index in [-0.39, 0.29) is 18.7 Å². The molecule has 1 heterocycles. The summed E-state index contributed by atoms with van der Waals surface area (Å²) in [5, 5.41) is 8.46. The highest BCUT2D eigenvalue weighted by molar-refractivity contribution is 6.30. The number of halogens is 1. The molecule has 1 aromatic carbocycles. The Morgan fingerprint density at radius 2 is 1.80 bits per heavy atom. The van der Waals surface area contributed by atoms with Crippen LogP contribution in [0.4, 0.5) is 0 Å². The van der Waals surface area contributed by atoms with Gasteiger partial charge in [-0.15, -0.1) is 0 Å². The predicted molar refractivity (Wildman–Crippen MR) is 116 cm³/mol. The van der Waals surface area contributed by atoms with E-state index >= 15 is 0 Å². The van der Waals surface area contributed by atoms with Crippen molar-refractivity contribution in [2.75, 3.05) is 0 Å². The van der Waals surface area contributed by atoms with Crippen LogP contribution in [-0.4, -0.2) is 21.7 Å². The number of ether oxygens (including phenoxy) is 1. The van der Waals surface area contributed by atoms with Crippen LogP contribution in [0.3, 0.4) is 0 Å². The van der Waals surface area contributed by atoms with Gasteiger partial charge in [-0.25, -0.2) is 4.68 Å². The second kappa shape index (κ2) is 7.92. The summed E-state index contributed by atoms with van der Waals surface area (Å²) in [6.45, 7) is 2.46. The largest absolute Gasteiger partial charge is 0.471 e. The van der Waals surface area contributed by atoms with Crippen LogP contribution in [-0.2, 0) is 6.73 Å². The summed E-state index contributed by atoms with van der Waals surface area (Å²) in [6.07, 6.45) is 10.9. The first-order chi connectivity index (χ1) is 14.5. The summed E-state index contributed by atoms with van der Waals surface area (Å²) in [4.78, 5) is 13.0. The van der Waals surface area contributed by atoms with Crippen LogP contribution in [0.5, 0.6) is 5.75 Å². The molecule has 4 saturated carbocycles. The van der Waals surface area contributed by atoms with E-state index in [2.05, 4.69) is 17.3 Å². The van der Waals surface area contributed by atoms with Gasteiger partial charge in [-0.1, -0.05) is 18.5 Å². The summed E-state index contributed by atoms with van der Waals surface area (Å²) in [7, 11) is 0. The summed E-state index contributed by atoms with van der Waals surface area (Å²) in [6, 6.07) is 9.22. The quantitative estimate of drug-likeness (QED) is 0.652. The normalized spacial score (nSPS) is 30.3. The average Bonchev–Trinajstić information content (AvgIpc) is 3.19. The second-order valence-corrected chi connectivity index (χ2v) is 10.1. The third-order valence-corrected chi connectivity index (χ3v) is 7.84. The number of hydrogen-bond acceptors (Lipinski definition) is 3. The Bertz CT molecular complexity index is 872. The molecular weight excluding hydrogens is 398 g/mol. The van der Waals surface area contributed by atoms with Crippen LogP contribution in [0, 0.1) is 23.2 Å². The van der Waals surface area contributed by atoms with Crippen molar-refractivity contribution >= 4 is 17.5 Å². The molecule has 6 rings (SSSR count). The molecule has 2 aromatic rings. The van der Waals surface area contributed by atoms with Gasteiger partial charge < -0.3 is 10.1 Å². The minimum atomic E-state index is -0.0668. The molecule has 0 saturated heterocycles. The minimum absolute atomic E-state index is 0.0668. The SMILES string of the molecule is CCC(NC(=O)c1ccn(COc2ccc(Cl)cc2)n1)C12CC3CC(CC(C3)C1)C2. The molecule has 160 valence electrons. The fourth-order valence-electron chi connectivity index (χ4n) is 6.75. The first-order valence-electron chi connectivity index (χ1n) is 11.3. The fourth-order valence-corrected chi connectivity index (χ4v) is 6.88. The Morgan fingerprint density at radius 1 is 1.17 bits per heavy atom. The van der Waals surface area contributed by atoms with Crippen molar-refractivity contribution in [3.8, 4) is 5.75 Å². The van der Waals surface area contributed by atoms with E-state index in [1.165, 1.54) is 38.5 Å². The van der Waals surface area contributed by atoms with Crippen molar-refractivity contribution in [1.29, 1.82) is 0 Å². The van der Waals surface area contributed by atoms with Gasteiger partial charge in [-0.3, -0.25) is 4.79 Å². The van der Waals surface area contributed by atoms with E-state index in [4.69, 9.17) is 16.3 Å². The van der Waals surface area contributed by atoms with Crippen LogP contribution >= 0.6 is 11.6 Å². The van der Waals surface area contributed by atoms with E-state index in [9.17, 15) is 4.79 Å². The highest BCUT2D eigenvalue weighted by atomic mass is 35.5. The molecular formula is C24H30ClN3O2.